The van der Waals surface area contributed by atoms with E-state index in [0.717, 1.165) is 18.4 Å². The second kappa shape index (κ2) is 15.1. The zero-order valence-corrected chi connectivity index (χ0v) is 19.2. The molecular weight excluding hydrogens is 350 g/mol. The summed E-state index contributed by atoms with van der Waals surface area (Å²) in [5.41, 5.74) is 0.829. The van der Waals surface area contributed by atoms with Gasteiger partial charge in [0.15, 0.2) is 0 Å². The number of hydrogen-bond acceptors (Lipinski definition) is 2. The number of benzene rings is 1. The van der Waals surface area contributed by atoms with Gasteiger partial charge >= 0.3 is 59.2 Å². The van der Waals surface area contributed by atoms with Crippen molar-refractivity contribution in [1.29, 1.82) is 0 Å². The average Bonchev–Trinajstić information content (AvgIpc) is 2.52. The Balaban J connectivity index is 0. The molecular formula is C18H32KO4P. The van der Waals surface area contributed by atoms with E-state index in [9.17, 15) is 4.57 Å². The van der Waals surface area contributed by atoms with Crippen LogP contribution in [0.5, 0.6) is 0 Å². The molecule has 0 aliphatic carbocycles. The molecule has 1 rings (SSSR count). The molecule has 0 aliphatic heterocycles. The first-order valence-electron chi connectivity index (χ1n) is 8.82. The zero-order valence-electron chi connectivity index (χ0n) is 16.2. The van der Waals surface area contributed by atoms with Crippen LogP contribution >= 0.6 is 7.82 Å². The predicted octanol–water partition coefficient (Wildman–Crippen LogP) is 2.87. The van der Waals surface area contributed by atoms with Crippen LogP contribution in [0.15, 0.2) is 30.3 Å². The molecule has 4 nitrogen and oxygen atoms in total. The maximum absolute atomic E-state index is 11.1. The maximum atomic E-state index is 11.1. The molecule has 0 saturated carbocycles. The van der Waals surface area contributed by atoms with Gasteiger partial charge in [-0.1, -0.05) is 95.0 Å². The van der Waals surface area contributed by atoms with Crippen LogP contribution in [0.25, 0.3) is 0 Å². The van der Waals surface area contributed by atoms with E-state index in [1.54, 1.807) is 0 Å². The summed E-state index contributed by atoms with van der Waals surface area (Å²) in [6, 6.07) is 9.32. The molecule has 0 spiro atoms. The van der Waals surface area contributed by atoms with Gasteiger partial charge in [-0.25, -0.2) is 4.57 Å². The number of phosphoric ester groups is 1. The second-order valence-electron chi connectivity index (χ2n) is 6.11. The third-order valence-electron chi connectivity index (χ3n) is 4.01. The quantitative estimate of drug-likeness (QED) is 0.313. The topological polar surface area (TPSA) is 66.8 Å². The minimum atomic E-state index is -4.46. The van der Waals surface area contributed by atoms with Gasteiger partial charge in [-0.15, -0.1) is 0 Å². The zero-order chi connectivity index (χ0) is 17.0. The Kier molecular flexibility index (Phi) is 15.7. The Labute approximate surface area is 190 Å². The number of hydrogen-bond donors (Lipinski definition) is 2. The Bertz CT molecular complexity index is 456. The van der Waals surface area contributed by atoms with Crippen molar-refractivity contribution in [3.8, 4) is 0 Å². The predicted molar refractivity (Wildman–Crippen MR) is 95.3 cm³/mol. The van der Waals surface area contributed by atoms with Crippen molar-refractivity contribution in [1.82, 2.24) is 0 Å². The van der Waals surface area contributed by atoms with Gasteiger partial charge in [0.1, 0.15) is 0 Å². The van der Waals surface area contributed by atoms with Gasteiger partial charge < -0.3 is 11.2 Å². The van der Waals surface area contributed by atoms with Gasteiger partial charge in [0.05, 0.1) is 6.10 Å². The molecule has 1 atom stereocenters. The SMILES string of the molecule is CCCCCCCCCCCC(OP(=O)(O)O)c1ccccc1.[H-].[K+]. The van der Waals surface area contributed by atoms with Crippen molar-refractivity contribution in [3.05, 3.63) is 35.9 Å². The van der Waals surface area contributed by atoms with Crippen molar-refractivity contribution in [2.24, 2.45) is 0 Å². The van der Waals surface area contributed by atoms with E-state index in [1.165, 1.54) is 44.9 Å². The summed E-state index contributed by atoms with van der Waals surface area (Å²) >= 11 is 0. The van der Waals surface area contributed by atoms with Gasteiger partial charge in [0.2, 0.25) is 0 Å². The van der Waals surface area contributed by atoms with Crippen molar-refractivity contribution in [2.75, 3.05) is 0 Å². The first kappa shape index (κ1) is 25.0. The number of rotatable bonds is 13. The minimum Gasteiger partial charge on any atom is -1.00 e. The summed E-state index contributed by atoms with van der Waals surface area (Å²) in [5, 5.41) is 0. The number of unbranched alkanes of at least 4 members (excludes halogenated alkanes) is 8. The van der Waals surface area contributed by atoms with E-state index in [0.29, 0.717) is 6.42 Å². The van der Waals surface area contributed by atoms with Crippen molar-refractivity contribution < 1.29 is 71.7 Å². The molecule has 1 aromatic carbocycles. The molecule has 0 radical (unpaired) electrons. The van der Waals surface area contributed by atoms with Crippen LogP contribution in [-0.2, 0) is 9.09 Å². The van der Waals surface area contributed by atoms with Crippen molar-refractivity contribution >= 4 is 7.82 Å². The van der Waals surface area contributed by atoms with Gasteiger partial charge in [0, 0.05) is 0 Å². The van der Waals surface area contributed by atoms with Gasteiger partial charge in [-0.05, 0) is 12.0 Å². The average molecular weight is 383 g/mol. The van der Waals surface area contributed by atoms with E-state index in [4.69, 9.17) is 14.3 Å². The third-order valence-corrected chi connectivity index (χ3v) is 4.53. The molecule has 0 amide bonds. The molecule has 0 saturated heterocycles. The smallest absolute Gasteiger partial charge is 1.00 e. The van der Waals surface area contributed by atoms with Gasteiger partial charge in [-0.2, -0.15) is 0 Å². The van der Waals surface area contributed by atoms with Crippen molar-refractivity contribution in [2.45, 2.75) is 77.2 Å². The molecule has 134 valence electrons. The Morgan fingerprint density at radius 3 is 1.96 bits per heavy atom. The van der Waals surface area contributed by atoms with Gasteiger partial charge in [-0.3, -0.25) is 4.52 Å². The molecule has 1 unspecified atom stereocenters. The van der Waals surface area contributed by atoms with Crippen LogP contribution in [0.2, 0.25) is 0 Å². The van der Waals surface area contributed by atoms with Crippen LogP contribution in [0.3, 0.4) is 0 Å². The first-order valence-corrected chi connectivity index (χ1v) is 10.3. The summed E-state index contributed by atoms with van der Waals surface area (Å²) in [6.45, 7) is 2.23. The standard InChI is InChI=1S/C18H31O4P.K.H/c1-2-3-4-5-6-7-8-9-13-16-18(22-23(19,20)21)17-14-11-10-12-15-17;;/h10-12,14-15,18H,2-9,13,16H2,1H3,(H2,19,20,21);;/q;+1;-1. The largest absolute Gasteiger partial charge is 1.00 e. The molecule has 0 fully saturated rings. The number of phosphoric acid groups is 1. The van der Waals surface area contributed by atoms with Crippen molar-refractivity contribution in [3.63, 3.8) is 0 Å². The molecule has 0 heterocycles. The Morgan fingerprint density at radius 2 is 1.46 bits per heavy atom. The molecule has 6 heteroatoms. The van der Waals surface area contributed by atoms with Crippen LogP contribution in [-0.4, -0.2) is 9.79 Å². The Morgan fingerprint density at radius 1 is 0.958 bits per heavy atom. The molecule has 0 aliphatic rings. The molecule has 24 heavy (non-hydrogen) atoms. The monoisotopic (exact) mass is 382 g/mol. The van der Waals surface area contributed by atoms with Crippen LogP contribution in [0.1, 0.15) is 84.2 Å². The molecule has 0 bridgehead atoms. The third kappa shape index (κ3) is 13.2. The van der Waals surface area contributed by atoms with E-state index in [1.807, 2.05) is 30.3 Å². The fourth-order valence-electron chi connectivity index (χ4n) is 2.75. The van der Waals surface area contributed by atoms with Crippen LogP contribution in [0.4, 0.5) is 0 Å². The minimum absolute atomic E-state index is 0. The van der Waals surface area contributed by atoms with Gasteiger partial charge in [0.25, 0.3) is 0 Å². The summed E-state index contributed by atoms with van der Waals surface area (Å²) < 4.78 is 16.1. The molecule has 1 aromatic rings. The van der Waals surface area contributed by atoms with E-state index >= 15 is 0 Å². The summed E-state index contributed by atoms with van der Waals surface area (Å²) in [7, 11) is -4.46. The summed E-state index contributed by atoms with van der Waals surface area (Å²) in [6.07, 6.45) is 11.1. The first-order chi connectivity index (χ1) is 11.0. The molecule has 2 N–H and O–H groups in total. The molecule has 0 aromatic heterocycles. The maximum Gasteiger partial charge on any atom is 1.00 e. The van der Waals surface area contributed by atoms with E-state index in [2.05, 4.69) is 6.92 Å². The van der Waals surface area contributed by atoms with E-state index < -0.39 is 13.9 Å². The second-order valence-corrected chi connectivity index (χ2v) is 7.30. The van der Waals surface area contributed by atoms with Crippen LogP contribution < -0.4 is 51.4 Å². The normalized spacial score (nSPS) is 12.6. The summed E-state index contributed by atoms with van der Waals surface area (Å²) in [4.78, 5) is 18.2. The fourth-order valence-corrected chi connectivity index (χ4v) is 3.31. The fraction of sp³-hybridized carbons (Fsp3) is 0.667. The summed E-state index contributed by atoms with van der Waals surface area (Å²) in [5.74, 6) is 0. The van der Waals surface area contributed by atoms with E-state index in [-0.39, 0.29) is 52.8 Å². The van der Waals surface area contributed by atoms with Crippen LogP contribution in [0, 0.1) is 0 Å². The Hall–Kier alpha value is 0.966.